The zero-order valence-electron chi connectivity index (χ0n) is 12.9. The third-order valence-corrected chi connectivity index (χ3v) is 3.47. The molecule has 0 radical (unpaired) electrons. The van der Waals surface area contributed by atoms with E-state index in [0.29, 0.717) is 24.4 Å². The smallest absolute Gasteiger partial charge is 0.297 e. The summed E-state index contributed by atoms with van der Waals surface area (Å²) in [4.78, 5) is 14.6. The average Bonchev–Trinajstić information content (AvgIpc) is 2.87. The van der Waals surface area contributed by atoms with Gasteiger partial charge in [-0.3, -0.25) is 4.79 Å². The van der Waals surface area contributed by atoms with E-state index in [1.807, 2.05) is 49.3 Å². The number of aromatic nitrogens is 3. The van der Waals surface area contributed by atoms with Crippen molar-refractivity contribution >= 4 is 10.9 Å². The van der Waals surface area contributed by atoms with Crippen LogP contribution in [0.25, 0.3) is 10.9 Å². The molecule has 1 aromatic carbocycles. The Hall–Kier alpha value is -2.47. The molecular formula is C16H18N4O2. The van der Waals surface area contributed by atoms with Crippen LogP contribution in [-0.2, 0) is 13.1 Å². The van der Waals surface area contributed by atoms with Crippen molar-refractivity contribution in [3.63, 3.8) is 0 Å². The molecule has 2 heterocycles. The summed E-state index contributed by atoms with van der Waals surface area (Å²) in [5.74, 6) is 0.628. The predicted molar refractivity (Wildman–Crippen MR) is 83.7 cm³/mol. The molecular weight excluding hydrogens is 280 g/mol. The number of benzene rings is 1. The van der Waals surface area contributed by atoms with Crippen LogP contribution in [0.3, 0.4) is 0 Å². The topological polar surface area (TPSA) is 64.2 Å². The average molecular weight is 298 g/mol. The molecule has 0 spiro atoms. The Morgan fingerprint density at radius 3 is 2.64 bits per heavy atom. The predicted octanol–water partition coefficient (Wildman–Crippen LogP) is 1.80. The van der Waals surface area contributed by atoms with E-state index in [-0.39, 0.29) is 5.56 Å². The highest BCUT2D eigenvalue weighted by molar-refractivity contribution is 5.81. The first-order valence-corrected chi connectivity index (χ1v) is 7.11. The van der Waals surface area contributed by atoms with Crippen LogP contribution >= 0.6 is 0 Å². The highest BCUT2D eigenvalue weighted by Crippen LogP contribution is 2.18. The van der Waals surface area contributed by atoms with Gasteiger partial charge in [-0.2, -0.15) is 5.10 Å². The molecule has 0 aliphatic rings. The van der Waals surface area contributed by atoms with E-state index >= 15 is 0 Å². The van der Waals surface area contributed by atoms with Gasteiger partial charge >= 0.3 is 0 Å². The van der Waals surface area contributed by atoms with Crippen LogP contribution in [-0.4, -0.2) is 33.9 Å². The van der Waals surface area contributed by atoms with Gasteiger partial charge in [-0.25, -0.2) is 4.68 Å². The second-order valence-corrected chi connectivity index (χ2v) is 5.60. The van der Waals surface area contributed by atoms with Crippen molar-refractivity contribution in [2.75, 3.05) is 14.1 Å². The lowest BCUT2D eigenvalue weighted by molar-refractivity contribution is 0.391. The largest absolute Gasteiger partial charge is 0.360 e. The first-order valence-electron chi connectivity index (χ1n) is 7.11. The van der Waals surface area contributed by atoms with Crippen LogP contribution in [0.4, 0.5) is 0 Å². The van der Waals surface area contributed by atoms with Gasteiger partial charge < -0.3 is 9.42 Å². The SMILES string of the molecule is Cc1onc2c(=O)n(Cc3ccccc3)nc(CN(C)C)c12. The van der Waals surface area contributed by atoms with Crippen LogP contribution < -0.4 is 5.56 Å². The van der Waals surface area contributed by atoms with Gasteiger partial charge in [-0.05, 0) is 26.6 Å². The fourth-order valence-corrected chi connectivity index (χ4v) is 2.50. The van der Waals surface area contributed by atoms with Crippen molar-refractivity contribution in [2.45, 2.75) is 20.0 Å². The summed E-state index contributed by atoms with van der Waals surface area (Å²) in [5, 5.41) is 9.18. The van der Waals surface area contributed by atoms with Gasteiger partial charge in [0.15, 0.2) is 5.52 Å². The molecule has 0 aliphatic carbocycles. The number of fused-ring (bicyclic) bond motifs is 1. The van der Waals surface area contributed by atoms with E-state index in [2.05, 4.69) is 10.3 Å². The fourth-order valence-electron chi connectivity index (χ4n) is 2.50. The third kappa shape index (κ3) is 2.65. The van der Waals surface area contributed by atoms with E-state index < -0.39 is 0 Å². The molecule has 2 aromatic heterocycles. The molecule has 114 valence electrons. The van der Waals surface area contributed by atoms with E-state index in [1.165, 1.54) is 4.68 Å². The normalized spacial score (nSPS) is 11.5. The van der Waals surface area contributed by atoms with Crippen molar-refractivity contribution in [1.82, 2.24) is 19.8 Å². The Labute approximate surface area is 127 Å². The molecule has 0 aliphatic heterocycles. The number of rotatable bonds is 4. The van der Waals surface area contributed by atoms with Crippen molar-refractivity contribution in [3.05, 3.63) is 57.7 Å². The van der Waals surface area contributed by atoms with Gasteiger partial charge in [-0.1, -0.05) is 35.5 Å². The lowest BCUT2D eigenvalue weighted by atomic mass is 10.2. The van der Waals surface area contributed by atoms with E-state index in [0.717, 1.165) is 16.6 Å². The molecule has 0 N–H and O–H groups in total. The highest BCUT2D eigenvalue weighted by atomic mass is 16.5. The summed E-state index contributed by atoms with van der Waals surface area (Å²) < 4.78 is 6.66. The van der Waals surface area contributed by atoms with E-state index in [9.17, 15) is 4.79 Å². The zero-order chi connectivity index (χ0) is 15.7. The monoisotopic (exact) mass is 298 g/mol. The van der Waals surface area contributed by atoms with Gasteiger partial charge in [0.2, 0.25) is 0 Å². The quantitative estimate of drug-likeness (QED) is 0.735. The molecule has 3 rings (SSSR count). The molecule has 3 aromatic rings. The molecule has 22 heavy (non-hydrogen) atoms. The molecule has 0 saturated carbocycles. The molecule has 0 amide bonds. The summed E-state index contributed by atoms with van der Waals surface area (Å²) >= 11 is 0. The van der Waals surface area contributed by atoms with Crippen molar-refractivity contribution in [1.29, 1.82) is 0 Å². The molecule has 6 nitrogen and oxygen atoms in total. The summed E-state index contributed by atoms with van der Waals surface area (Å²) in [5.41, 5.74) is 1.94. The Kier molecular flexibility index (Phi) is 3.77. The highest BCUT2D eigenvalue weighted by Gasteiger charge is 2.17. The molecule has 0 bridgehead atoms. The van der Waals surface area contributed by atoms with Crippen molar-refractivity contribution in [3.8, 4) is 0 Å². The molecule has 0 saturated heterocycles. The van der Waals surface area contributed by atoms with Crippen LogP contribution in [0.2, 0.25) is 0 Å². The lowest BCUT2D eigenvalue weighted by Crippen LogP contribution is -2.27. The summed E-state index contributed by atoms with van der Waals surface area (Å²) in [6.07, 6.45) is 0. The van der Waals surface area contributed by atoms with Crippen LogP contribution in [0, 0.1) is 6.92 Å². The van der Waals surface area contributed by atoms with Gasteiger partial charge in [0, 0.05) is 6.54 Å². The molecule has 0 atom stereocenters. The van der Waals surface area contributed by atoms with E-state index in [1.54, 1.807) is 6.92 Å². The second-order valence-electron chi connectivity index (χ2n) is 5.60. The third-order valence-electron chi connectivity index (χ3n) is 3.47. The summed E-state index contributed by atoms with van der Waals surface area (Å²) in [7, 11) is 3.92. The maximum atomic E-state index is 12.5. The number of hydrogen-bond acceptors (Lipinski definition) is 5. The fraction of sp³-hybridized carbons (Fsp3) is 0.312. The first-order chi connectivity index (χ1) is 10.6. The standard InChI is InChI=1S/C16H18N4O2/c1-11-14-13(10-19(2)3)17-20(16(21)15(14)18-22-11)9-12-7-5-4-6-8-12/h4-8H,9-10H2,1-3H3. The summed E-state index contributed by atoms with van der Waals surface area (Å²) in [6, 6.07) is 9.77. The maximum Gasteiger partial charge on any atom is 0.297 e. The lowest BCUT2D eigenvalue weighted by Gasteiger charge is -2.12. The van der Waals surface area contributed by atoms with Crippen LogP contribution in [0.1, 0.15) is 17.0 Å². The van der Waals surface area contributed by atoms with Crippen LogP contribution in [0.15, 0.2) is 39.6 Å². The van der Waals surface area contributed by atoms with Crippen molar-refractivity contribution < 1.29 is 4.52 Å². The minimum absolute atomic E-state index is 0.224. The Bertz CT molecular complexity index is 850. The molecule has 0 fully saturated rings. The minimum atomic E-state index is -0.224. The maximum absolute atomic E-state index is 12.5. The molecule has 6 heteroatoms. The van der Waals surface area contributed by atoms with Gasteiger partial charge in [-0.15, -0.1) is 0 Å². The summed E-state index contributed by atoms with van der Waals surface area (Å²) in [6.45, 7) is 2.84. The number of aryl methyl sites for hydroxylation is 1. The Morgan fingerprint density at radius 2 is 1.95 bits per heavy atom. The first kappa shape index (κ1) is 14.5. The van der Waals surface area contributed by atoms with Gasteiger partial charge in [0.05, 0.1) is 17.6 Å². The van der Waals surface area contributed by atoms with Crippen LogP contribution in [0.5, 0.6) is 0 Å². The molecule has 0 unspecified atom stereocenters. The number of hydrogen-bond donors (Lipinski definition) is 0. The van der Waals surface area contributed by atoms with Gasteiger partial charge in [0.25, 0.3) is 5.56 Å². The Balaban J connectivity index is 2.14. The Morgan fingerprint density at radius 1 is 1.23 bits per heavy atom. The second kappa shape index (κ2) is 5.73. The van der Waals surface area contributed by atoms with Gasteiger partial charge in [0.1, 0.15) is 5.76 Å². The van der Waals surface area contributed by atoms with E-state index in [4.69, 9.17) is 4.52 Å². The zero-order valence-corrected chi connectivity index (χ0v) is 12.9. The van der Waals surface area contributed by atoms with Crippen molar-refractivity contribution in [2.24, 2.45) is 0 Å². The number of nitrogens with zero attached hydrogens (tertiary/aromatic N) is 4. The minimum Gasteiger partial charge on any atom is -0.360 e.